The summed E-state index contributed by atoms with van der Waals surface area (Å²) in [4.78, 5) is 0. The summed E-state index contributed by atoms with van der Waals surface area (Å²) < 4.78 is 0. The summed E-state index contributed by atoms with van der Waals surface area (Å²) in [7, 11) is 0. The van der Waals surface area contributed by atoms with Gasteiger partial charge in [0.2, 0.25) is 0 Å². The van der Waals surface area contributed by atoms with Gasteiger partial charge in [-0.15, -0.1) is 0 Å². The van der Waals surface area contributed by atoms with Crippen molar-refractivity contribution < 1.29 is 0 Å². The number of hydrogen-bond acceptors (Lipinski definition) is 0. The summed E-state index contributed by atoms with van der Waals surface area (Å²) in [5, 5.41) is 0. The first-order valence-electron chi connectivity index (χ1n) is 8.13. The molecule has 0 heterocycles. The highest BCUT2D eigenvalue weighted by atomic mass is 14.2. The van der Waals surface area contributed by atoms with Gasteiger partial charge in [0.25, 0.3) is 0 Å². The van der Waals surface area contributed by atoms with Crippen molar-refractivity contribution in [3.8, 4) is 0 Å². The van der Waals surface area contributed by atoms with Gasteiger partial charge in [0.1, 0.15) is 0 Å². The molecule has 0 aliphatic heterocycles. The minimum absolute atomic E-state index is 1.03. The van der Waals surface area contributed by atoms with Gasteiger partial charge in [0.05, 0.1) is 0 Å². The van der Waals surface area contributed by atoms with Crippen LogP contribution in [0.2, 0.25) is 0 Å². The molecule has 98 valence electrons. The third kappa shape index (κ3) is 5.27. The number of hydrogen-bond donors (Lipinski definition) is 0. The molecule has 0 radical (unpaired) electrons. The maximum atomic E-state index is 2.59. The zero-order chi connectivity index (χ0) is 11.8. The van der Waals surface area contributed by atoms with E-state index in [-0.39, 0.29) is 0 Å². The van der Waals surface area contributed by atoms with Gasteiger partial charge < -0.3 is 0 Å². The molecule has 0 aromatic rings. The van der Waals surface area contributed by atoms with Crippen molar-refractivity contribution in [2.45, 2.75) is 89.9 Å². The average molecular weight is 234 g/mol. The van der Waals surface area contributed by atoms with Crippen molar-refractivity contribution >= 4 is 0 Å². The Morgan fingerprint density at radius 1 is 0.647 bits per heavy atom. The van der Waals surface area contributed by atoms with Gasteiger partial charge >= 0.3 is 0 Å². The van der Waals surface area contributed by atoms with Crippen molar-refractivity contribution in [3.63, 3.8) is 0 Å². The van der Waals surface area contributed by atoms with Crippen LogP contribution in [0.25, 0.3) is 0 Å². The first kappa shape index (κ1) is 13.2. The highest BCUT2D eigenvalue weighted by molar-refractivity contribution is 5.06. The van der Waals surface area contributed by atoms with Crippen molar-refractivity contribution in [2.24, 2.45) is 5.92 Å². The molecular formula is C17H30. The van der Waals surface area contributed by atoms with E-state index in [0.29, 0.717) is 0 Å². The molecule has 17 heavy (non-hydrogen) atoms. The van der Waals surface area contributed by atoms with Gasteiger partial charge in [0.15, 0.2) is 0 Å². The normalized spacial score (nSPS) is 29.2. The highest BCUT2D eigenvalue weighted by Crippen LogP contribution is 2.30. The molecule has 1 fully saturated rings. The Labute approximate surface area is 108 Å². The first-order chi connectivity index (χ1) is 8.45. The summed E-state index contributed by atoms with van der Waals surface area (Å²) in [6.07, 6.45) is 23.2. The van der Waals surface area contributed by atoms with Crippen LogP contribution < -0.4 is 0 Å². The Hall–Kier alpha value is -0.260. The van der Waals surface area contributed by atoms with Gasteiger partial charge in [-0.05, 0) is 38.0 Å². The summed E-state index contributed by atoms with van der Waals surface area (Å²) >= 11 is 0. The van der Waals surface area contributed by atoms with E-state index in [4.69, 9.17) is 0 Å². The largest absolute Gasteiger partial charge is 0.0851 e. The second-order valence-corrected chi connectivity index (χ2v) is 6.22. The lowest BCUT2D eigenvalue weighted by molar-refractivity contribution is 0.409. The molecule has 0 nitrogen and oxygen atoms in total. The van der Waals surface area contributed by atoms with E-state index in [9.17, 15) is 0 Å². The smallest absolute Gasteiger partial charge is 0.0318 e. The van der Waals surface area contributed by atoms with E-state index in [1.807, 2.05) is 0 Å². The van der Waals surface area contributed by atoms with Crippen molar-refractivity contribution in [1.29, 1.82) is 0 Å². The summed E-state index contributed by atoms with van der Waals surface area (Å²) in [5.74, 6) is 1.03. The van der Waals surface area contributed by atoms with Crippen molar-refractivity contribution in [1.82, 2.24) is 0 Å². The summed E-state index contributed by atoms with van der Waals surface area (Å²) in [6.45, 7) is 0. The molecular weight excluding hydrogens is 204 g/mol. The highest BCUT2D eigenvalue weighted by Gasteiger charge is 2.13. The minimum atomic E-state index is 1.03. The summed E-state index contributed by atoms with van der Waals surface area (Å²) in [6, 6.07) is 0. The molecule has 0 amide bonds. The van der Waals surface area contributed by atoms with Crippen LogP contribution in [-0.2, 0) is 0 Å². The molecule has 0 aromatic heterocycles. The van der Waals surface area contributed by atoms with Crippen molar-refractivity contribution in [3.05, 3.63) is 11.6 Å². The first-order valence-corrected chi connectivity index (χ1v) is 8.13. The van der Waals surface area contributed by atoms with Crippen LogP contribution in [0.1, 0.15) is 89.9 Å². The Morgan fingerprint density at radius 2 is 1.29 bits per heavy atom. The average Bonchev–Trinajstić information content (AvgIpc) is 2.38. The van der Waals surface area contributed by atoms with E-state index in [0.717, 1.165) is 5.92 Å². The fraction of sp³-hybridized carbons (Fsp3) is 0.882. The lowest BCUT2D eigenvalue weighted by atomic mass is 9.84. The van der Waals surface area contributed by atoms with E-state index in [1.165, 1.54) is 89.9 Å². The van der Waals surface area contributed by atoms with Crippen LogP contribution in [0, 0.1) is 5.92 Å². The quantitative estimate of drug-likeness (QED) is 0.450. The van der Waals surface area contributed by atoms with E-state index in [1.54, 1.807) is 5.57 Å². The van der Waals surface area contributed by atoms with E-state index in [2.05, 4.69) is 6.08 Å². The Bertz CT molecular complexity index is 226. The maximum Gasteiger partial charge on any atom is -0.0318 e. The lowest BCUT2D eigenvalue weighted by Crippen LogP contribution is -2.06. The molecule has 0 spiro atoms. The van der Waals surface area contributed by atoms with Crippen LogP contribution >= 0.6 is 0 Å². The van der Waals surface area contributed by atoms with Crippen LogP contribution in [0.15, 0.2) is 11.6 Å². The molecule has 2 bridgehead atoms. The SMILES string of the molecule is C1=C2CCCCCCCCCCCC(C1)CC2. The third-order valence-corrected chi connectivity index (χ3v) is 4.72. The van der Waals surface area contributed by atoms with Crippen LogP contribution in [0.3, 0.4) is 0 Å². The van der Waals surface area contributed by atoms with Gasteiger partial charge in [0, 0.05) is 0 Å². The standard InChI is InChI=1S/C17H30/c1-2-4-6-8-10-16-12-14-17(15-13-16)11-9-7-5-3-1/h12,17H,1-11,13-15H2. The van der Waals surface area contributed by atoms with Crippen LogP contribution in [0.4, 0.5) is 0 Å². The van der Waals surface area contributed by atoms with Gasteiger partial charge in [-0.25, -0.2) is 0 Å². The van der Waals surface area contributed by atoms with Crippen LogP contribution in [0.5, 0.6) is 0 Å². The Morgan fingerprint density at radius 3 is 1.94 bits per heavy atom. The number of rotatable bonds is 0. The number of allylic oxidation sites excluding steroid dienone is 2. The molecule has 1 atom stereocenters. The van der Waals surface area contributed by atoms with Gasteiger partial charge in [-0.1, -0.05) is 69.4 Å². The minimum Gasteiger partial charge on any atom is -0.0851 e. The van der Waals surface area contributed by atoms with Crippen LogP contribution in [-0.4, -0.2) is 0 Å². The fourth-order valence-corrected chi connectivity index (χ4v) is 3.45. The topological polar surface area (TPSA) is 0 Å². The molecule has 1 unspecified atom stereocenters. The van der Waals surface area contributed by atoms with Gasteiger partial charge in [-0.3, -0.25) is 0 Å². The van der Waals surface area contributed by atoms with Crippen molar-refractivity contribution in [2.75, 3.05) is 0 Å². The zero-order valence-electron chi connectivity index (χ0n) is 11.6. The second kappa shape index (κ2) is 7.95. The number of fused-ring (bicyclic) bond motifs is 12. The Kier molecular flexibility index (Phi) is 6.16. The monoisotopic (exact) mass is 234 g/mol. The molecule has 3 aliphatic carbocycles. The summed E-state index contributed by atoms with van der Waals surface area (Å²) in [5.41, 5.74) is 1.79. The molecule has 3 rings (SSSR count). The molecule has 0 aromatic carbocycles. The predicted molar refractivity (Wildman–Crippen MR) is 76.2 cm³/mol. The lowest BCUT2D eigenvalue weighted by Gasteiger charge is -2.21. The molecule has 0 saturated heterocycles. The molecule has 0 heteroatoms. The van der Waals surface area contributed by atoms with E-state index < -0.39 is 0 Å². The molecule has 3 aliphatic rings. The third-order valence-electron chi connectivity index (χ3n) is 4.72. The fourth-order valence-electron chi connectivity index (χ4n) is 3.45. The predicted octanol–water partition coefficient (Wildman–Crippen LogP) is 6.02. The maximum absolute atomic E-state index is 2.59. The second-order valence-electron chi connectivity index (χ2n) is 6.22. The molecule has 1 saturated carbocycles. The molecule has 0 N–H and O–H groups in total. The zero-order valence-corrected chi connectivity index (χ0v) is 11.6. The Balaban J connectivity index is 1.77. The van der Waals surface area contributed by atoms with Gasteiger partial charge in [-0.2, -0.15) is 0 Å². The van der Waals surface area contributed by atoms with E-state index >= 15 is 0 Å².